The zero-order valence-electron chi connectivity index (χ0n) is 8.53. The maximum Gasteiger partial charge on any atom is 0.227 e. The SMILES string of the molecule is Cc1nc2c(C(=O)C=O)cccc2cc1Cl. The number of halogens is 1. The maximum atomic E-state index is 11.4. The Balaban J connectivity index is 2.81. The van der Waals surface area contributed by atoms with Crippen LogP contribution in [0.25, 0.3) is 10.9 Å². The van der Waals surface area contributed by atoms with E-state index in [2.05, 4.69) is 4.98 Å². The Morgan fingerprint density at radius 3 is 2.88 bits per heavy atom. The molecule has 2 aromatic rings. The highest BCUT2D eigenvalue weighted by Crippen LogP contribution is 2.23. The van der Waals surface area contributed by atoms with Crippen molar-refractivity contribution in [3.8, 4) is 0 Å². The number of aldehydes is 1. The molecule has 0 spiro atoms. The molecule has 0 aliphatic carbocycles. The minimum atomic E-state index is -0.570. The highest BCUT2D eigenvalue weighted by molar-refractivity contribution is 6.36. The highest BCUT2D eigenvalue weighted by Gasteiger charge is 2.11. The fraction of sp³-hybridized carbons (Fsp3) is 0.0833. The van der Waals surface area contributed by atoms with Crippen molar-refractivity contribution in [2.24, 2.45) is 0 Å². The number of nitrogens with zero attached hydrogens (tertiary/aromatic N) is 1. The molecule has 80 valence electrons. The molecule has 1 heterocycles. The lowest BCUT2D eigenvalue weighted by Gasteiger charge is -2.04. The van der Waals surface area contributed by atoms with Gasteiger partial charge in [-0.2, -0.15) is 0 Å². The Bertz CT molecular complexity index is 593. The summed E-state index contributed by atoms with van der Waals surface area (Å²) in [7, 11) is 0. The molecule has 0 saturated heterocycles. The van der Waals surface area contributed by atoms with Crippen molar-refractivity contribution in [2.75, 3.05) is 0 Å². The van der Waals surface area contributed by atoms with Gasteiger partial charge in [0.05, 0.1) is 21.8 Å². The molecule has 16 heavy (non-hydrogen) atoms. The molecule has 1 aromatic heterocycles. The van der Waals surface area contributed by atoms with Gasteiger partial charge in [0.25, 0.3) is 0 Å². The predicted molar refractivity (Wildman–Crippen MR) is 61.9 cm³/mol. The zero-order valence-corrected chi connectivity index (χ0v) is 9.28. The van der Waals surface area contributed by atoms with E-state index in [-0.39, 0.29) is 0 Å². The molecule has 0 N–H and O–H groups in total. The van der Waals surface area contributed by atoms with Crippen LogP contribution in [0.1, 0.15) is 16.1 Å². The van der Waals surface area contributed by atoms with Crippen molar-refractivity contribution in [2.45, 2.75) is 6.92 Å². The van der Waals surface area contributed by atoms with Crippen molar-refractivity contribution >= 4 is 34.6 Å². The summed E-state index contributed by atoms with van der Waals surface area (Å²) in [5, 5.41) is 1.30. The van der Waals surface area contributed by atoms with Crippen LogP contribution < -0.4 is 0 Å². The van der Waals surface area contributed by atoms with Crippen molar-refractivity contribution in [3.63, 3.8) is 0 Å². The number of ketones is 1. The zero-order chi connectivity index (χ0) is 11.7. The van der Waals surface area contributed by atoms with Gasteiger partial charge in [0.15, 0.2) is 6.29 Å². The van der Waals surface area contributed by atoms with Gasteiger partial charge in [0.2, 0.25) is 5.78 Å². The van der Waals surface area contributed by atoms with Crippen LogP contribution >= 0.6 is 11.6 Å². The second kappa shape index (κ2) is 4.02. The van der Waals surface area contributed by atoms with Crippen LogP contribution in [-0.4, -0.2) is 17.1 Å². The lowest BCUT2D eigenvalue weighted by molar-refractivity contribution is -0.104. The third-order valence-corrected chi connectivity index (χ3v) is 2.73. The van der Waals surface area contributed by atoms with Gasteiger partial charge < -0.3 is 0 Å². The summed E-state index contributed by atoms with van der Waals surface area (Å²) >= 11 is 5.94. The first-order valence-corrected chi connectivity index (χ1v) is 5.06. The number of Topliss-reactive ketones (excluding diaryl/α,β-unsaturated/α-hetero) is 1. The molecular weight excluding hydrogens is 226 g/mol. The number of hydrogen-bond acceptors (Lipinski definition) is 3. The monoisotopic (exact) mass is 233 g/mol. The molecule has 0 radical (unpaired) electrons. The summed E-state index contributed by atoms with van der Waals surface area (Å²) in [5.74, 6) is -0.570. The molecule has 0 aliphatic heterocycles. The van der Waals surface area contributed by atoms with E-state index in [0.29, 0.717) is 28.1 Å². The third-order valence-electron chi connectivity index (χ3n) is 2.35. The molecule has 0 atom stereocenters. The normalized spacial score (nSPS) is 10.4. The highest BCUT2D eigenvalue weighted by atomic mass is 35.5. The average molecular weight is 234 g/mol. The van der Waals surface area contributed by atoms with E-state index in [9.17, 15) is 9.59 Å². The van der Waals surface area contributed by atoms with E-state index in [0.717, 1.165) is 5.39 Å². The molecule has 4 heteroatoms. The molecule has 0 fully saturated rings. The van der Waals surface area contributed by atoms with E-state index in [1.807, 2.05) is 0 Å². The Labute approximate surface area is 97.1 Å². The number of benzene rings is 1. The molecular formula is C12H8ClNO2. The van der Waals surface area contributed by atoms with Crippen molar-refractivity contribution in [1.29, 1.82) is 0 Å². The van der Waals surface area contributed by atoms with Crippen LogP contribution in [-0.2, 0) is 4.79 Å². The van der Waals surface area contributed by atoms with Gasteiger partial charge in [0, 0.05) is 5.39 Å². The van der Waals surface area contributed by atoms with Gasteiger partial charge in [-0.1, -0.05) is 23.7 Å². The molecule has 3 nitrogen and oxygen atoms in total. The standard InChI is InChI=1S/C12H8ClNO2/c1-7-10(13)5-8-3-2-4-9(11(16)6-15)12(8)14-7/h2-6H,1H3. The Morgan fingerprint density at radius 1 is 1.44 bits per heavy atom. The first-order valence-electron chi connectivity index (χ1n) is 4.69. The Kier molecular flexibility index (Phi) is 2.71. The first-order chi connectivity index (χ1) is 7.63. The van der Waals surface area contributed by atoms with Crippen LogP contribution in [0.15, 0.2) is 24.3 Å². The van der Waals surface area contributed by atoms with Crippen LogP contribution in [0.2, 0.25) is 5.02 Å². The van der Waals surface area contributed by atoms with E-state index in [1.54, 1.807) is 31.2 Å². The molecule has 0 saturated carbocycles. The van der Waals surface area contributed by atoms with Gasteiger partial charge in [-0.25, -0.2) is 0 Å². The number of para-hydroxylation sites is 1. The van der Waals surface area contributed by atoms with E-state index < -0.39 is 5.78 Å². The van der Waals surface area contributed by atoms with Gasteiger partial charge >= 0.3 is 0 Å². The fourth-order valence-corrected chi connectivity index (χ4v) is 1.69. The maximum absolute atomic E-state index is 11.4. The van der Waals surface area contributed by atoms with Gasteiger partial charge in [-0.3, -0.25) is 14.6 Å². The summed E-state index contributed by atoms with van der Waals surface area (Å²) in [6.07, 6.45) is 0.292. The summed E-state index contributed by atoms with van der Waals surface area (Å²) < 4.78 is 0. The molecule has 1 aromatic carbocycles. The summed E-state index contributed by atoms with van der Waals surface area (Å²) in [5.41, 5.74) is 1.47. The summed E-state index contributed by atoms with van der Waals surface area (Å²) in [4.78, 5) is 26.1. The Morgan fingerprint density at radius 2 is 2.19 bits per heavy atom. The number of aryl methyl sites for hydroxylation is 1. The number of pyridine rings is 1. The molecule has 0 amide bonds. The number of carbonyl (C=O) groups excluding carboxylic acids is 2. The molecule has 0 bridgehead atoms. The number of fused-ring (bicyclic) bond motifs is 1. The topological polar surface area (TPSA) is 47.0 Å². The van der Waals surface area contributed by atoms with Crippen LogP contribution in [0.4, 0.5) is 0 Å². The van der Waals surface area contributed by atoms with Crippen LogP contribution in [0.3, 0.4) is 0 Å². The van der Waals surface area contributed by atoms with Gasteiger partial charge in [-0.15, -0.1) is 0 Å². The quantitative estimate of drug-likeness (QED) is 0.455. The minimum absolute atomic E-state index is 0.292. The summed E-state index contributed by atoms with van der Waals surface area (Å²) in [6.45, 7) is 1.75. The number of aromatic nitrogens is 1. The third kappa shape index (κ3) is 1.70. The van der Waals surface area contributed by atoms with Gasteiger partial charge in [0.1, 0.15) is 0 Å². The van der Waals surface area contributed by atoms with E-state index >= 15 is 0 Å². The number of rotatable bonds is 2. The van der Waals surface area contributed by atoms with E-state index in [1.165, 1.54) is 0 Å². The van der Waals surface area contributed by atoms with Crippen molar-refractivity contribution in [1.82, 2.24) is 4.98 Å². The Hall–Kier alpha value is -1.74. The van der Waals surface area contributed by atoms with Crippen LogP contribution in [0.5, 0.6) is 0 Å². The lowest BCUT2D eigenvalue weighted by atomic mass is 10.1. The second-order valence-electron chi connectivity index (χ2n) is 3.41. The second-order valence-corrected chi connectivity index (χ2v) is 3.82. The first kappa shape index (κ1) is 10.8. The number of hydrogen-bond donors (Lipinski definition) is 0. The van der Waals surface area contributed by atoms with E-state index in [4.69, 9.17) is 11.6 Å². The lowest BCUT2D eigenvalue weighted by Crippen LogP contribution is -2.02. The van der Waals surface area contributed by atoms with Crippen molar-refractivity contribution < 1.29 is 9.59 Å². The largest absolute Gasteiger partial charge is 0.294 e. The minimum Gasteiger partial charge on any atom is -0.294 e. The molecule has 0 unspecified atom stereocenters. The summed E-state index contributed by atoms with van der Waals surface area (Å²) in [6, 6.07) is 6.82. The molecule has 0 aliphatic rings. The average Bonchev–Trinajstić information content (AvgIpc) is 2.29. The smallest absolute Gasteiger partial charge is 0.227 e. The van der Waals surface area contributed by atoms with Gasteiger partial charge in [-0.05, 0) is 19.1 Å². The van der Waals surface area contributed by atoms with Crippen LogP contribution in [0, 0.1) is 6.92 Å². The number of carbonyl (C=O) groups is 2. The predicted octanol–water partition coefficient (Wildman–Crippen LogP) is 2.58. The fourth-order valence-electron chi connectivity index (χ4n) is 1.53. The molecule has 2 rings (SSSR count). The van der Waals surface area contributed by atoms with Crippen molar-refractivity contribution in [3.05, 3.63) is 40.5 Å².